The van der Waals surface area contributed by atoms with Gasteiger partial charge in [0.25, 0.3) is 5.91 Å². The van der Waals surface area contributed by atoms with E-state index in [0.717, 1.165) is 11.8 Å². The smallest absolute Gasteiger partial charge is 0.266 e. The number of rotatable bonds is 6. The van der Waals surface area contributed by atoms with Crippen molar-refractivity contribution >= 4 is 37.5 Å². The Kier molecular flexibility index (Phi) is 6.09. The van der Waals surface area contributed by atoms with E-state index in [2.05, 4.69) is 4.99 Å². The SMILES string of the molecule is CCOCCn1c(=NC(=O)C2CCCN2S(C)(=O)=O)sc2cc(F)ccc21. The molecule has 0 radical (unpaired) electrons. The van der Waals surface area contributed by atoms with Crippen molar-refractivity contribution in [3.05, 3.63) is 28.8 Å². The van der Waals surface area contributed by atoms with Crippen LogP contribution in [0.25, 0.3) is 10.2 Å². The summed E-state index contributed by atoms with van der Waals surface area (Å²) in [7, 11) is -3.47. The van der Waals surface area contributed by atoms with E-state index in [4.69, 9.17) is 4.74 Å². The van der Waals surface area contributed by atoms with Crippen LogP contribution in [0.3, 0.4) is 0 Å². The summed E-state index contributed by atoms with van der Waals surface area (Å²) in [6.07, 6.45) is 2.18. The third-order valence-electron chi connectivity index (χ3n) is 4.43. The summed E-state index contributed by atoms with van der Waals surface area (Å²) < 4.78 is 46.4. The number of ether oxygens (including phenoxy) is 1. The fourth-order valence-corrected chi connectivity index (χ4v) is 5.41. The molecule has 1 aliphatic heterocycles. The molecule has 1 aromatic carbocycles. The highest BCUT2D eigenvalue weighted by Gasteiger charge is 2.36. The number of benzene rings is 1. The van der Waals surface area contributed by atoms with E-state index >= 15 is 0 Å². The highest BCUT2D eigenvalue weighted by atomic mass is 32.2. The predicted molar refractivity (Wildman–Crippen MR) is 101 cm³/mol. The first-order valence-electron chi connectivity index (χ1n) is 8.73. The molecule has 27 heavy (non-hydrogen) atoms. The molecular formula is C17H22FN3O4S2. The van der Waals surface area contributed by atoms with E-state index in [-0.39, 0.29) is 5.82 Å². The van der Waals surface area contributed by atoms with Gasteiger partial charge in [-0.3, -0.25) is 4.79 Å². The van der Waals surface area contributed by atoms with Crippen molar-refractivity contribution < 1.29 is 22.3 Å². The van der Waals surface area contributed by atoms with Crippen LogP contribution in [0.15, 0.2) is 23.2 Å². The van der Waals surface area contributed by atoms with Gasteiger partial charge in [0.1, 0.15) is 11.9 Å². The highest BCUT2D eigenvalue weighted by Crippen LogP contribution is 2.22. The zero-order chi connectivity index (χ0) is 19.6. The Balaban J connectivity index is 2.01. The Morgan fingerprint density at radius 1 is 1.44 bits per heavy atom. The molecule has 2 aromatic rings. The zero-order valence-electron chi connectivity index (χ0n) is 15.2. The van der Waals surface area contributed by atoms with Gasteiger partial charge in [-0.15, -0.1) is 0 Å². The van der Waals surface area contributed by atoms with Gasteiger partial charge in [-0.05, 0) is 38.0 Å². The molecule has 3 rings (SSSR count). The minimum absolute atomic E-state index is 0.326. The molecule has 148 valence electrons. The monoisotopic (exact) mass is 415 g/mol. The summed E-state index contributed by atoms with van der Waals surface area (Å²) in [5, 5.41) is 0. The maximum absolute atomic E-state index is 13.6. The fraction of sp³-hybridized carbons (Fsp3) is 0.529. The first-order chi connectivity index (χ1) is 12.8. The summed E-state index contributed by atoms with van der Waals surface area (Å²) >= 11 is 1.20. The molecule has 1 atom stereocenters. The van der Waals surface area contributed by atoms with Gasteiger partial charge in [0, 0.05) is 19.7 Å². The Morgan fingerprint density at radius 2 is 2.22 bits per heavy atom. The molecule has 1 saturated heterocycles. The first kappa shape index (κ1) is 20.1. The summed E-state index contributed by atoms with van der Waals surface area (Å²) in [6.45, 7) is 3.67. The minimum Gasteiger partial charge on any atom is -0.380 e. The third-order valence-corrected chi connectivity index (χ3v) is 6.76. The van der Waals surface area contributed by atoms with Crippen molar-refractivity contribution in [2.45, 2.75) is 32.4 Å². The quantitative estimate of drug-likeness (QED) is 0.673. The van der Waals surface area contributed by atoms with Crippen molar-refractivity contribution in [1.82, 2.24) is 8.87 Å². The van der Waals surface area contributed by atoms with Crippen LogP contribution in [0.5, 0.6) is 0 Å². The number of carbonyl (C=O) groups is 1. The molecule has 7 nitrogen and oxygen atoms in total. The second-order valence-corrected chi connectivity index (χ2v) is 9.27. The lowest BCUT2D eigenvalue weighted by Crippen LogP contribution is -2.40. The molecule has 0 aliphatic carbocycles. The number of nitrogens with zero attached hydrogens (tertiary/aromatic N) is 3. The van der Waals surface area contributed by atoms with E-state index in [0.29, 0.717) is 48.6 Å². The third kappa shape index (κ3) is 4.45. The van der Waals surface area contributed by atoms with Crippen LogP contribution in [0.1, 0.15) is 19.8 Å². The maximum atomic E-state index is 13.6. The van der Waals surface area contributed by atoms with Crippen molar-refractivity contribution in [2.75, 3.05) is 26.0 Å². The van der Waals surface area contributed by atoms with Crippen LogP contribution < -0.4 is 4.80 Å². The number of hydrogen-bond acceptors (Lipinski definition) is 5. The van der Waals surface area contributed by atoms with Crippen molar-refractivity contribution in [2.24, 2.45) is 4.99 Å². The molecule has 1 aromatic heterocycles. The molecule has 2 heterocycles. The average molecular weight is 416 g/mol. The highest BCUT2D eigenvalue weighted by molar-refractivity contribution is 7.88. The van der Waals surface area contributed by atoms with Crippen LogP contribution in [0.4, 0.5) is 4.39 Å². The van der Waals surface area contributed by atoms with E-state index < -0.39 is 22.0 Å². The molecular weight excluding hydrogens is 393 g/mol. The van der Waals surface area contributed by atoms with Crippen molar-refractivity contribution in [3.8, 4) is 0 Å². The van der Waals surface area contributed by atoms with Crippen LogP contribution in [0.2, 0.25) is 0 Å². The van der Waals surface area contributed by atoms with Crippen LogP contribution >= 0.6 is 11.3 Å². The normalized spacial score (nSPS) is 19.2. The number of aromatic nitrogens is 1. The largest absolute Gasteiger partial charge is 0.380 e. The van der Waals surface area contributed by atoms with Gasteiger partial charge in [0.2, 0.25) is 10.0 Å². The van der Waals surface area contributed by atoms with Gasteiger partial charge in [-0.1, -0.05) is 11.3 Å². The molecule has 1 fully saturated rings. The number of fused-ring (bicyclic) bond motifs is 1. The van der Waals surface area contributed by atoms with Gasteiger partial charge in [-0.25, -0.2) is 12.8 Å². The lowest BCUT2D eigenvalue weighted by atomic mass is 10.2. The summed E-state index contributed by atoms with van der Waals surface area (Å²) in [4.78, 5) is 17.3. The van der Waals surface area contributed by atoms with Gasteiger partial charge < -0.3 is 9.30 Å². The first-order valence-corrected chi connectivity index (χ1v) is 11.4. The number of halogens is 1. The number of hydrogen-bond donors (Lipinski definition) is 0. The van der Waals surface area contributed by atoms with Crippen molar-refractivity contribution in [3.63, 3.8) is 0 Å². The van der Waals surface area contributed by atoms with Crippen LogP contribution in [0, 0.1) is 5.82 Å². The number of amides is 1. The van der Waals surface area contributed by atoms with Gasteiger partial charge in [0.15, 0.2) is 4.80 Å². The van der Waals surface area contributed by atoms with E-state index in [1.165, 1.54) is 27.8 Å². The molecule has 1 unspecified atom stereocenters. The Morgan fingerprint density at radius 3 is 2.93 bits per heavy atom. The maximum Gasteiger partial charge on any atom is 0.266 e. The molecule has 0 N–H and O–H groups in total. The molecule has 1 amide bonds. The van der Waals surface area contributed by atoms with Gasteiger partial charge in [0.05, 0.1) is 23.1 Å². The van der Waals surface area contributed by atoms with Crippen LogP contribution in [-0.4, -0.2) is 55.3 Å². The lowest BCUT2D eigenvalue weighted by molar-refractivity contribution is -0.121. The second kappa shape index (κ2) is 8.17. The minimum atomic E-state index is -3.47. The summed E-state index contributed by atoms with van der Waals surface area (Å²) in [6, 6.07) is 3.64. The number of thiazole rings is 1. The summed E-state index contributed by atoms with van der Waals surface area (Å²) in [5.41, 5.74) is 0.763. The molecule has 1 aliphatic rings. The zero-order valence-corrected chi connectivity index (χ0v) is 16.9. The molecule has 10 heteroatoms. The van der Waals surface area contributed by atoms with E-state index in [9.17, 15) is 17.6 Å². The molecule has 0 saturated carbocycles. The van der Waals surface area contributed by atoms with E-state index in [1.807, 2.05) is 11.5 Å². The fourth-order valence-electron chi connectivity index (χ4n) is 3.20. The lowest BCUT2D eigenvalue weighted by Gasteiger charge is -2.18. The van der Waals surface area contributed by atoms with Crippen molar-refractivity contribution in [1.29, 1.82) is 0 Å². The Labute approximate surface area is 161 Å². The number of sulfonamides is 1. The van der Waals surface area contributed by atoms with Crippen LogP contribution in [-0.2, 0) is 26.1 Å². The molecule has 0 spiro atoms. The van der Waals surface area contributed by atoms with Gasteiger partial charge >= 0.3 is 0 Å². The number of carbonyl (C=O) groups excluding carboxylic acids is 1. The second-order valence-electron chi connectivity index (χ2n) is 6.33. The summed E-state index contributed by atoms with van der Waals surface area (Å²) in [5.74, 6) is -0.854. The Hall–Kier alpha value is -1.62. The van der Waals surface area contributed by atoms with Gasteiger partial charge in [-0.2, -0.15) is 9.30 Å². The Bertz CT molecular complexity index is 1010. The van der Waals surface area contributed by atoms with E-state index in [1.54, 1.807) is 6.07 Å². The standard InChI is InChI=1S/C17H22FN3O4S2/c1-3-25-10-9-20-13-7-6-12(18)11-15(13)26-17(20)19-16(22)14-5-4-8-21(14)27(2,23)24/h6-7,11,14H,3-5,8-10H2,1-2H3. The topological polar surface area (TPSA) is 81.0 Å². The molecule has 0 bridgehead atoms. The average Bonchev–Trinajstić information content (AvgIpc) is 3.20. The predicted octanol–water partition coefficient (Wildman–Crippen LogP) is 1.73.